The maximum absolute atomic E-state index is 12.2. The Morgan fingerprint density at radius 2 is 1.95 bits per heavy atom. The molecule has 0 aromatic heterocycles. The number of methoxy groups -OCH3 is 1. The molecule has 0 heterocycles. The van der Waals surface area contributed by atoms with Crippen molar-refractivity contribution in [3.63, 3.8) is 0 Å². The molecule has 6 nitrogen and oxygen atoms in total. The van der Waals surface area contributed by atoms with Crippen LogP contribution in [0.5, 0.6) is 5.75 Å². The first kappa shape index (κ1) is 16.9. The van der Waals surface area contributed by atoms with Gasteiger partial charge in [0.15, 0.2) is 0 Å². The molecule has 0 bridgehead atoms. The van der Waals surface area contributed by atoms with Gasteiger partial charge in [0.05, 0.1) is 7.11 Å². The standard InChI is InChI=1S/C13H23N3O3S/c1-10(2)14-9-11-6-7-13(12(8-11)19-5)20(17,18)15-16(3)4/h6-8,10,14-15H,9H2,1-5H3. The van der Waals surface area contributed by atoms with Crippen LogP contribution >= 0.6 is 0 Å². The maximum Gasteiger partial charge on any atom is 0.257 e. The second-order valence-corrected chi connectivity index (χ2v) is 6.64. The topological polar surface area (TPSA) is 70.7 Å². The molecule has 0 fully saturated rings. The monoisotopic (exact) mass is 301 g/mol. The zero-order chi connectivity index (χ0) is 15.3. The summed E-state index contributed by atoms with van der Waals surface area (Å²) in [4.78, 5) is 2.52. The summed E-state index contributed by atoms with van der Waals surface area (Å²) in [5.41, 5.74) is 0.972. The molecule has 1 aromatic rings. The van der Waals surface area contributed by atoms with E-state index in [0.29, 0.717) is 18.3 Å². The van der Waals surface area contributed by atoms with Crippen molar-refractivity contribution in [1.82, 2.24) is 15.2 Å². The zero-order valence-electron chi connectivity index (χ0n) is 12.6. The Morgan fingerprint density at radius 1 is 1.30 bits per heavy atom. The van der Waals surface area contributed by atoms with Crippen LogP contribution in [0.15, 0.2) is 23.1 Å². The third-order valence-electron chi connectivity index (χ3n) is 2.53. The van der Waals surface area contributed by atoms with Crippen molar-refractivity contribution in [1.29, 1.82) is 0 Å². The zero-order valence-corrected chi connectivity index (χ0v) is 13.4. The summed E-state index contributed by atoms with van der Waals surface area (Å²) in [6.45, 7) is 4.77. The second kappa shape index (κ2) is 7.03. The van der Waals surface area contributed by atoms with Crippen LogP contribution in [0.2, 0.25) is 0 Å². The summed E-state index contributed by atoms with van der Waals surface area (Å²) in [5.74, 6) is 0.336. The van der Waals surface area contributed by atoms with E-state index in [2.05, 4.69) is 24.0 Å². The Labute approximate surface area is 121 Å². The van der Waals surface area contributed by atoms with Crippen molar-refractivity contribution in [3.05, 3.63) is 23.8 Å². The van der Waals surface area contributed by atoms with Crippen LogP contribution in [0.25, 0.3) is 0 Å². The normalized spacial score (nSPS) is 12.2. The molecule has 1 rings (SSSR count). The number of hydrogen-bond acceptors (Lipinski definition) is 5. The molecule has 20 heavy (non-hydrogen) atoms. The highest BCUT2D eigenvalue weighted by atomic mass is 32.2. The molecule has 1 aromatic carbocycles. The number of hydrogen-bond donors (Lipinski definition) is 2. The molecule has 0 unspecified atom stereocenters. The van der Waals surface area contributed by atoms with E-state index in [-0.39, 0.29) is 4.90 Å². The van der Waals surface area contributed by atoms with Crippen molar-refractivity contribution in [2.24, 2.45) is 0 Å². The number of nitrogens with zero attached hydrogens (tertiary/aromatic N) is 1. The fourth-order valence-electron chi connectivity index (χ4n) is 1.66. The van der Waals surface area contributed by atoms with E-state index in [1.54, 1.807) is 32.3 Å². The van der Waals surface area contributed by atoms with Gasteiger partial charge in [0, 0.05) is 26.7 Å². The lowest BCUT2D eigenvalue weighted by Crippen LogP contribution is -2.36. The van der Waals surface area contributed by atoms with Gasteiger partial charge in [-0.3, -0.25) is 0 Å². The van der Waals surface area contributed by atoms with Gasteiger partial charge in [0.1, 0.15) is 10.6 Å². The SMILES string of the molecule is COc1cc(CNC(C)C)ccc1S(=O)(=O)NN(C)C. The smallest absolute Gasteiger partial charge is 0.257 e. The second-order valence-electron chi connectivity index (χ2n) is 5.01. The largest absolute Gasteiger partial charge is 0.495 e. The van der Waals surface area contributed by atoms with Crippen LogP contribution in [0, 0.1) is 0 Å². The van der Waals surface area contributed by atoms with E-state index in [9.17, 15) is 8.42 Å². The highest BCUT2D eigenvalue weighted by Gasteiger charge is 2.20. The number of hydrazine groups is 1. The molecule has 114 valence electrons. The predicted molar refractivity (Wildman–Crippen MR) is 79.0 cm³/mol. The van der Waals surface area contributed by atoms with E-state index in [1.807, 2.05) is 0 Å². The molecule has 0 aliphatic carbocycles. The molecular formula is C13H23N3O3S. The van der Waals surface area contributed by atoms with Crippen LogP contribution in [-0.4, -0.2) is 40.7 Å². The molecule has 0 radical (unpaired) electrons. The molecule has 0 atom stereocenters. The number of nitrogens with one attached hydrogen (secondary N) is 2. The van der Waals surface area contributed by atoms with Gasteiger partial charge in [-0.25, -0.2) is 13.4 Å². The number of benzene rings is 1. The molecule has 0 aliphatic heterocycles. The van der Waals surface area contributed by atoms with Crippen molar-refractivity contribution < 1.29 is 13.2 Å². The Kier molecular flexibility index (Phi) is 5.94. The summed E-state index contributed by atoms with van der Waals surface area (Å²) in [6.07, 6.45) is 0. The van der Waals surface area contributed by atoms with Gasteiger partial charge < -0.3 is 10.1 Å². The summed E-state index contributed by atoms with van der Waals surface area (Å²) in [6, 6.07) is 5.43. The van der Waals surface area contributed by atoms with Gasteiger partial charge in [-0.15, -0.1) is 4.83 Å². The highest BCUT2D eigenvalue weighted by Crippen LogP contribution is 2.25. The van der Waals surface area contributed by atoms with Crippen molar-refractivity contribution in [3.8, 4) is 5.75 Å². The minimum Gasteiger partial charge on any atom is -0.495 e. The molecule has 0 saturated heterocycles. The lowest BCUT2D eigenvalue weighted by atomic mass is 10.2. The van der Waals surface area contributed by atoms with Gasteiger partial charge in [-0.05, 0) is 17.7 Å². The third-order valence-corrected chi connectivity index (χ3v) is 4.06. The van der Waals surface area contributed by atoms with Gasteiger partial charge in [-0.1, -0.05) is 19.9 Å². The lowest BCUT2D eigenvalue weighted by molar-refractivity contribution is 0.360. The van der Waals surface area contributed by atoms with Gasteiger partial charge in [0.25, 0.3) is 10.0 Å². The fraction of sp³-hybridized carbons (Fsp3) is 0.538. The summed E-state index contributed by atoms with van der Waals surface area (Å²) < 4.78 is 29.5. The quantitative estimate of drug-likeness (QED) is 0.734. The van der Waals surface area contributed by atoms with E-state index < -0.39 is 10.0 Å². The van der Waals surface area contributed by atoms with Crippen molar-refractivity contribution in [2.45, 2.75) is 31.3 Å². The van der Waals surface area contributed by atoms with E-state index >= 15 is 0 Å². The Morgan fingerprint density at radius 3 is 2.45 bits per heavy atom. The summed E-state index contributed by atoms with van der Waals surface area (Å²) in [7, 11) is 1.07. The Hall–Kier alpha value is -1.15. The van der Waals surface area contributed by atoms with Crippen LogP contribution < -0.4 is 14.9 Å². The first-order valence-electron chi connectivity index (χ1n) is 6.36. The number of rotatable bonds is 7. The average molecular weight is 301 g/mol. The van der Waals surface area contributed by atoms with E-state index in [0.717, 1.165) is 5.56 Å². The summed E-state index contributed by atoms with van der Waals surface area (Å²) in [5, 5.41) is 4.65. The molecule has 0 spiro atoms. The molecule has 0 amide bonds. The highest BCUT2D eigenvalue weighted by molar-refractivity contribution is 7.89. The Bertz CT molecular complexity index is 542. The number of ether oxygens (including phenoxy) is 1. The average Bonchev–Trinajstić information content (AvgIpc) is 2.34. The van der Waals surface area contributed by atoms with E-state index in [4.69, 9.17) is 4.74 Å². The van der Waals surface area contributed by atoms with Gasteiger partial charge in [0.2, 0.25) is 0 Å². The minimum absolute atomic E-state index is 0.127. The first-order valence-corrected chi connectivity index (χ1v) is 7.84. The maximum atomic E-state index is 12.2. The van der Waals surface area contributed by atoms with Crippen LogP contribution in [-0.2, 0) is 16.6 Å². The third kappa shape index (κ3) is 4.75. The molecule has 7 heteroatoms. The fourth-order valence-corrected chi connectivity index (χ4v) is 2.89. The molecule has 0 saturated carbocycles. The molecular weight excluding hydrogens is 278 g/mol. The van der Waals surface area contributed by atoms with Crippen molar-refractivity contribution >= 4 is 10.0 Å². The van der Waals surface area contributed by atoms with Crippen LogP contribution in [0.1, 0.15) is 19.4 Å². The van der Waals surface area contributed by atoms with Gasteiger partial charge >= 0.3 is 0 Å². The van der Waals surface area contributed by atoms with Crippen molar-refractivity contribution in [2.75, 3.05) is 21.2 Å². The molecule has 0 aliphatic rings. The van der Waals surface area contributed by atoms with Crippen LogP contribution in [0.4, 0.5) is 0 Å². The van der Waals surface area contributed by atoms with E-state index in [1.165, 1.54) is 12.1 Å². The van der Waals surface area contributed by atoms with Crippen LogP contribution in [0.3, 0.4) is 0 Å². The number of sulfonamides is 1. The summed E-state index contributed by atoms with van der Waals surface area (Å²) >= 11 is 0. The van der Waals surface area contributed by atoms with Gasteiger partial charge in [-0.2, -0.15) is 0 Å². The molecule has 2 N–H and O–H groups in total. The first-order chi connectivity index (χ1) is 9.26. The predicted octanol–water partition coefficient (Wildman–Crippen LogP) is 0.948. The Balaban J connectivity index is 3.05. The minimum atomic E-state index is -3.62. The lowest BCUT2D eigenvalue weighted by Gasteiger charge is -2.16.